The highest BCUT2D eigenvalue weighted by Gasteiger charge is 2.33. The lowest BCUT2D eigenvalue weighted by Gasteiger charge is -2.39. The van der Waals surface area contributed by atoms with Crippen LogP contribution in [0.1, 0.15) is 64.8 Å². The van der Waals surface area contributed by atoms with Crippen LogP contribution in [0.5, 0.6) is 0 Å². The van der Waals surface area contributed by atoms with E-state index in [0.29, 0.717) is 5.92 Å². The minimum atomic E-state index is -0.512. The average Bonchev–Trinajstić information content (AvgIpc) is 2.94. The Balaban J connectivity index is 1.74. The molecule has 7 nitrogen and oxygen atoms in total. The molecule has 1 N–H and O–H groups in total. The quantitative estimate of drug-likeness (QED) is 0.799. The number of hydrogen-bond donors (Lipinski definition) is 1. The topological polar surface area (TPSA) is 80.8 Å². The number of hydrogen-bond acceptors (Lipinski definition) is 6. The first-order valence-corrected chi connectivity index (χ1v) is 10.0. The molecule has 7 heteroatoms. The normalized spacial score (nSPS) is 24.5. The fourth-order valence-corrected chi connectivity index (χ4v) is 4.18. The van der Waals surface area contributed by atoms with Crippen molar-refractivity contribution >= 4 is 17.7 Å². The largest absolute Gasteiger partial charge is 0.456 e. The number of ether oxygens (including phenoxy) is 2. The van der Waals surface area contributed by atoms with Gasteiger partial charge in [0.2, 0.25) is 0 Å². The molecule has 3 rings (SSSR count). The maximum Gasteiger partial charge on any atom is 0.407 e. The summed E-state index contributed by atoms with van der Waals surface area (Å²) < 4.78 is 10.8. The molecule has 1 aliphatic heterocycles. The van der Waals surface area contributed by atoms with Crippen molar-refractivity contribution in [3.05, 3.63) is 23.5 Å². The van der Waals surface area contributed by atoms with Crippen molar-refractivity contribution in [2.75, 3.05) is 18.0 Å². The van der Waals surface area contributed by atoms with Gasteiger partial charge in [0.25, 0.3) is 0 Å². The molecule has 154 valence electrons. The minimum Gasteiger partial charge on any atom is -0.456 e. The standard InChI is InChI=1S/C21H31N3O4/c1-13-10-15(23-20(26)28-21(3,4)5)12-24(11-13)17-8-9-22-19-16(17)6-7-18(19)27-14(2)25/h8-9,13,15,18H,6-7,10-12H2,1-5H3,(H,23,26)/t13-,15+,18?/m1/s1. The molecule has 0 saturated carbocycles. The number of pyridine rings is 1. The summed E-state index contributed by atoms with van der Waals surface area (Å²) in [5.74, 6) is 0.154. The van der Waals surface area contributed by atoms with E-state index in [1.54, 1.807) is 6.20 Å². The van der Waals surface area contributed by atoms with Gasteiger partial charge in [0, 0.05) is 43.5 Å². The molecule has 0 spiro atoms. The summed E-state index contributed by atoms with van der Waals surface area (Å²) >= 11 is 0. The summed E-state index contributed by atoms with van der Waals surface area (Å²) in [5.41, 5.74) is 2.63. The van der Waals surface area contributed by atoms with Crippen molar-refractivity contribution in [3.8, 4) is 0 Å². The number of amides is 1. The second-order valence-electron chi connectivity index (χ2n) is 8.92. The first-order chi connectivity index (χ1) is 13.1. The second kappa shape index (κ2) is 7.97. The zero-order valence-electron chi connectivity index (χ0n) is 17.4. The molecule has 0 aromatic carbocycles. The maximum atomic E-state index is 12.2. The molecule has 1 aromatic rings. The Labute approximate surface area is 166 Å². The van der Waals surface area contributed by atoms with Gasteiger partial charge in [-0.1, -0.05) is 6.92 Å². The van der Waals surface area contributed by atoms with E-state index in [2.05, 4.69) is 22.1 Å². The highest BCUT2D eigenvalue weighted by molar-refractivity contribution is 5.68. The number of rotatable bonds is 3. The number of carbonyl (C=O) groups is 2. The SMILES string of the molecule is CC(=O)OC1CCc2c(N3C[C@H](C)C[C@H](NC(=O)OC(C)(C)C)C3)ccnc21. The molecule has 1 unspecified atom stereocenters. The molecule has 0 bridgehead atoms. The van der Waals surface area contributed by atoms with Crippen molar-refractivity contribution in [2.24, 2.45) is 5.92 Å². The lowest BCUT2D eigenvalue weighted by molar-refractivity contribution is -0.146. The summed E-state index contributed by atoms with van der Waals surface area (Å²) in [7, 11) is 0. The van der Waals surface area contributed by atoms with Gasteiger partial charge in [-0.25, -0.2) is 4.79 Å². The van der Waals surface area contributed by atoms with Crippen molar-refractivity contribution in [1.82, 2.24) is 10.3 Å². The van der Waals surface area contributed by atoms with Crippen molar-refractivity contribution < 1.29 is 19.1 Å². The smallest absolute Gasteiger partial charge is 0.407 e. The predicted octanol–water partition coefficient (Wildman–Crippen LogP) is 3.37. The Hall–Kier alpha value is -2.31. The summed E-state index contributed by atoms with van der Waals surface area (Å²) in [6.45, 7) is 10.9. The van der Waals surface area contributed by atoms with E-state index in [0.717, 1.165) is 49.3 Å². The molecular weight excluding hydrogens is 358 g/mol. The monoisotopic (exact) mass is 389 g/mol. The van der Waals surface area contributed by atoms with Crippen LogP contribution in [0.4, 0.5) is 10.5 Å². The van der Waals surface area contributed by atoms with E-state index < -0.39 is 5.60 Å². The van der Waals surface area contributed by atoms with Crippen LogP contribution >= 0.6 is 0 Å². The average molecular weight is 389 g/mol. The molecule has 2 heterocycles. The van der Waals surface area contributed by atoms with Crippen molar-refractivity contribution in [2.45, 2.75) is 71.6 Å². The molecular formula is C21H31N3O4. The minimum absolute atomic E-state index is 0.0214. The van der Waals surface area contributed by atoms with E-state index in [4.69, 9.17) is 9.47 Å². The van der Waals surface area contributed by atoms with E-state index in [9.17, 15) is 9.59 Å². The third-order valence-corrected chi connectivity index (χ3v) is 5.06. The summed E-state index contributed by atoms with van der Waals surface area (Å²) in [5, 5.41) is 3.02. The number of aromatic nitrogens is 1. The van der Waals surface area contributed by atoms with Crippen LogP contribution in [-0.2, 0) is 20.7 Å². The Morgan fingerprint density at radius 3 is 2.71 bits per heavy atom. The van der Waals surface area contributed by atoms with Crippen LogP contribution < -0.4 is 10.2 Å². The zero-order valence-corrected chi connectivity index (χ0v) is 17.4. The lowest BCUT2D eigenvalue weighted by Crippen LogP contribution is -2.51. The molecule has 28 heavy (non-hydrogen) atoms. The Morgan fingerprint density at radius 1 is 1.29 bits per heavy atom. The zero-order chi connectivity index (χ0) is 20.5. The number of nitrogens with zero attached hydrogens (tertiary/aromatic N) is 2. The molecule has 1 saturated heterocycles. The Bertz CT molecular complexity index is 744. The van der Waals surface area contributed by atoms with Gasteiger partial charge in [-0.3, -0.25) is 9.78 Å². The van der Waals surface area contributed by atoms with Crippen LogP contribution in [-0.4, -0.2) is 41.8 Å². The highest BCUT2D eigenvalue weighted by atomic mass is 16.6. The number of esters is 1. The highest BCUT2D eigenvalue weighted by Crippen LogP contribution is 2.39. The van der Waals surface area contributed by atoms with Gasteiger partial charge in [0.05, 0.1) is 5.69 Å². The van der Waals surface area contributed by atoms with Crippen LogP contribution in [0, 0.1) is 5.92 Å². The van der Waals surface area contributed by atoms with Gasteiger partial charge in [-0.2, -0.15) is 0 Å². The van der Waals surface area contributed by atoms with Crippen LogP contribution in [0.25, 0.3) is 0 Å². The molecule has 3 atom stereocenters. The first-order valence-electron chi connectivity index (χ1n) is 10.0. The lowest BCUT2D eigenvalue weighted by atomic mass is 9.95. The molecule has 1 aromatic heterocycles. The van der Waals surface area contributed by atoms with E-state index in [-0.39, 0.29) is 24.2 Å². The fraction of sp³-hybridized carbons (Fsp3) is 0.667. The Kier molecular flexibility index (Phi) is 5.82. The number of alkyl carbamates (subject to hydrolysis) is 1. The van der Waals surface area contributed by atoms with Gasteiger partial charge in [-0.15, -0.1) is 0 Å². The first kappa shape index (κ1) is 20.4. The van der Waals surface area contributed by atoms with E-state index >= 15 is 0 Å². The predicted molar refractivity (Wildman–Crippen MR) is 106 cm³/mol. The van der Waals surface area contributed by atoms with Gasteiger partial charge < -0.3 is 19.7 Å². The molecule has 1 aliphatic carbocycles. The maximum absolute atomic E-state index is 12.2. The molecule has 2 aliphatic rings. The van der Waals surface area contributed by atoms with Crippen molar-refractivity contribution in [1.29, 1.82) is 0 Å². The number of piperidine rings is 1. The van der Waals surface area contributed by atoms with Gasteiger partial charge in [-0.05, 0) is 52.0 Å². The second-order valence-corrected chi connectivity index (χ2v) is 8.92. The van der Waals surface area contributed by atoms with Crippen LogP contribution in [0.3, 0.4) is 0 Å². The van der Waals surface area contributed by atoms with Gasteiger partial charge in [0.1, 0.15) is 11.7 Å². The van der Waals surface area contributed by atoms with E-state index in [1.807, 2.05) is 26.8 Å². The number of fused-ring (bicyclic) bond motifs is 1. The molecule has 1 fully saturated rings. The molecule has 1 amide bonds. The third-order valence-electron chi connectivity index (χ3n) is 5.06. The van der Waals surface area contributed by atoms with E-state index in [1.165, 1.54) is 6.92 Å². The third kappa shape index (κ3) is 4.94. The fourth-order valence-electron chi connectivity index (χ4n) is 4.18. The summed E-state index contributed by atoms with van der Waals surface area (Å²) in [6, 6.07) is 2.05. The van der Waals surface area contributed by atoms with Crippen LogP contribution in [0.2, 0.25) is 0 Å². The van der Waals surface area contributed by atoms with Crippen molar-refractivity contribution in [3.63, 3.8) is 0 Å². The molecule has 0 radical (unpaired) electrons. The van der Waals surface area contributed by atoms with Gasteiger partial charge >= 0.3 is 12.1 Å². The van der Waals surface area contributed by atoms with Crippen LogP contribution in [0.15, 0.2) is 12.3 Å². The summed E-state index contributed by atoms with van der Waals surface area (Å²) in [6.07, 6.45) is 3.67. The van der Waals surface area contributed by atoms with Gasteiger partial charge in [0.15, 0.2) is 0 Å². The summed E-state index contributed by atoms with van der Waals surface area (Å²) in [4.78, 5) is 30.4. The Morgan fingerprint density at radius 2 is 2.04 bits per heavy atom. The number of carbonyl (C=O) groups excluding carboxylic acids is 2. The number of nitrogens with one attached hydrogen (secondary N) is 1. The number of anilines is 1.